The van der Waals surface area contributed by atoms with Gasteiger partial charge in [0.1, 0.15) is 18.1 Å². The fourth-order valence-corrected chi connectivity index (χ4v) is 5.83. The predicted molar refractivity (Wildman–Crippen MR) is 168 cm³/mol. The van der Waals surface area contributed by atoms with Gasteiger partial charge in [0.25, 0.3) is 0 Å². The number of hydrogen-bond donors (Lipinski definition) is 6. The van der Waals surface area contributed by atoms with Gasteiger partial charge in [0.2, 0.25) is 29.5 Å². The van der Waals surface area contributed by atoms with Crippen LogP contribution in [0.2, 0.25) is 0 Å². The number of rotatable bonds is 5. The summed E-state index contributed by atoms with van der Waals surface area (Å²) in [6, 6.07) is 13.5. The standard InChI is InChI=1S/C31H37N7O6.ClH/c32-15-28(41)37-11-10-33-29(42)24(12-19-6-2-1-3-7-19)36-30(43)26-14-21(39)17-38(26)31(44)25(35-27(40)18-37)13-20-16-34-23-9-5-4-8-22(20)23;/h1-9,16,21,24-26,34,39H,10-15,17-18,32H2,(H,33,42)(H,35,40)(H,36,43);1H/t21-,24+,25-,26+;/m1./s1. The lowest BCUT2D eigenvalue weighted by atomic mass is 10.0. The highest BCUT2D eigenvalue weighted by atomic mass is 35.5. The Balaban J connectivity index is 0.00000461. The number of halogens is 1. The average Bonchev–Trinajstić information content (AvgIpc) is 3.62. The van der Waals surface area contributed by atoms with Gasteiger partial charge in [-0.05, 0) is 17.2 Å². The molecule has 3 heterocycles. The Hall–Kier alpha value is -4.46. The molecule has 0 spiro atoms. The molecule has 4 atom stereocenters. The molecular weight excluding hydrogens is 602 g/mol. The molecule has 5 rings (SSSR count). The molecule has 3 aromatic rings. The highest BCUT2D eigenvalue weighted by Crippen LogP contribution is 2.23. The van der Waals surface area contributed by atoms with Gasteiger partial charge in [-0.3, -0.25) is 24.0 Å². The number of benzene rings is 2. The zero-order valence-corrected chi connectivity index (χ0v) is 25.4. The molecule has 7 N–H and O–H groups in total. The number of H-pyrrole nitrogens is 1. The first-order chi connectivity index (χ1) is 21.2. The number of aromatic amines is 1. The van der Waals surface area contributed by atoms with Crippen LogP contribution in [0.1, 0.15) is 17.5 Å². The van der Waals surface area contributed by atoms with Crippen LogP contribution in [0.15, 0.2) is 60.8 Å². The van der Waals surface area contributed by atoms with Crippen LogP contribution >= 0.6 is 12.4 Å². The first-order valence-electron chi connectivity index (χ1n) is 14.7. The minimum absolute atomic E-state index is 0. The summed E-state index contributed by atoms with van der Waals surface area (Å²) in [6.45, 7) is -0.863. The van der Waals surface area contributed by atoms with Crippen LogP contribution in [0.4, 0.5) is 0 Å². The lowest BCUT2D eigenvalue weighted by Crippen LogP contribution is -2.57. The highest BCUT2D eigenvalue weighted by molar-refractivity contribution is 5.96. The summed E-state index contributed by atoms with van der Waals surface area (Å²) < 4.78 is 0. The van der Waals surface area contributed by atoms with Crippen LogP contribution in [-0.2, 0) is 36.8 Å². The summed E-state index contributed by atoms with van der Waals surface area (Å²) in [5.41, 5.74) is 8.03. The predicted octanol–water partition coefficient (Wildman–Crippen LogP) is -0.777. The molecular formula is C31H38ClN7O6. The molecule has 1 aromatic heterocycles. The smallest absolute Gasteiger partial charge is 0.246 e. The minimum atomic E-state index is -1.11. The Morgan fingerprint density at radius 1 is 0.933 bits per heavy atom. The molecule has 0 bridgehead atoms. The van der Waals surface area contributed by atoms with Crippen molar-refractivity contribution in [2.75, 3.05) is 32.7 Å². The first kappa shape index (κ1) is 33.4. The molecule has 240 valence electrons. The molecule has 5 amide bonds. The van der Waals surface area contributed by atoms with Crippen LogP contribution in [0.3, 0.4) is 0 Å². The van der Waals surface area contributed by atoms with Crippen molar-refractivity contribution in [2.45, 2.75) is 43.5 Å². The third-order valence-electron chi connectivity index (χ3n) is 8.06. The number of para-hydroxylation sites is 1. The van der Waals surface area contributed by atoms with E-state index in [-0.39, 0.29) is 64.4 Å². The van der Waals surface area contributed by atoms with Crippen molar-refractivity contribution >= 4 is 52.8 Å². The Labute approximate surface area is 266 Å². The first-order valence-corrected chi connectivity index (χ1v) is 14.7. The summed E-state index contributed by atoms with van der Waals surface area (Å²) in [5, 5.41) is 19.7. The van der Waals surface area contributed by atoms with Crippen molar-refractivity contribution < 1.29 is 29.1 Å². The molecule has 13 nitrogen and oxygen atoms in total. The number of aromatic nitrogens is 1. The van der Waals surface area contributed by atoms with Gasteiger partial charge < -0.3 is 41.6 Å². The van der Waals surface area contributed by atoms with Gasteiger partial charge in [-0.15, -0.1) is 12.4 Å². The molecule has 0 saturated carbocycles. The van der Waals surface area contributed by atoms with Crippen molar-refractivity contribution in [3.8, 4) is 0 Å². The lowest BCUT2D eigenvalue weighted by molar-refractivity contribution is -0.142. The van der Waals surface area contributed by atoms with E-state index < -0.39 is 53.8 Å². The second-order valence-electron chi connectivity index (χ2n) is 11.1. The van der Waals surface area contributed by atoms with Gasteiger partial charge in [0.05, 0.1) is 19.2 Å². The Kier molecular flexibility index (Phi) is 11.2. The number of amides is 5. The molecule has 2 saturated heterocycles. The normalized spacial score (nSPS) is 23.2. The average molecular weight is 640 g/mol. The number of nitrogens with zero attached hydrogens (tertiary/aromatic N) is 2. The van der Waals surface area contributed by atoms with Crippen molar-refractivity contribution in [3.05, 3.63) is 71.9 Å². The van der Waals surface area contributed by atoms with Crippen molar-refractivity contribution in [1.29, 1.82) is 0 Å². The Bertz CT molecular complexity index is 1530. The third kappa shape index (κ3) is 7.98. The molecule has 2 aliphatic heterocycles. The van der Waals surface area contributed by atoms with Gasteiger partial charge in [-0.2, -0.15) is 0 Å². The molecule has 0 radical (unpaired) electrons. The van der Waals surface area contributed by atoms with Crippen molar-refractivity contribution in [3.63, 3.8) is 0 Å². The number of hydrogen-bond acceptors (Lipinski definition) is 7. The molecule has 14 heteroatoms. The van der Waals surface area contributed by atoms with Crippen molar-refractivity contribution in [1.82, 2.24) is 30.7 Å². The van der Waals surface area contributed by atoms with Gasteiger partial charge in [0.15, 0.2) is 0 Å². The lowest BCUT2D eigenvalue weighted by Gasteiger charge is -2.30. The Morgan fingerprint density at radius 3 is 2.42 bits per heavy atom. The summed E-state index contributed by atoms with van der Waals surface area (Å²) in [4.78, 5) is 72.6. The molecule has 2 aliphatic rings. The summed E-state index contributed by atoms with van der Waals surface area (Å²) >= 11 is 0. The van der Waals surface area contributed by atoms with Crippen molar-refractivity contribution in [2.24, 2.45) is 5.73 Å². The number of nitrogens with two attached hydrogens (primary N) is 1. The summed E-state index contributed by atoms with van der Waals surface area (Å²) in [7, 11) is 0. The zero-order chi connectivity index (χ0) is 31.2. The maximum Gasteiger partial charge on any atom is 0.246 e. The van der Waals surface area contributed by atoms with Crippen LogP contribution in [0.5, 0.6) is 0 Å². The molecule has 2 aromatic carbocycles. The molecule has 0 aliphatic carbocycles. The van der Waals surface area contributed by atoms with Crippen LogP contribution in [0.25, 0.3) is 10.9 Å². The number of aliphatic hydroxyl groups excluding tert-OH is 1. The summed E-state index contributed by atoms with van der Waals surface area (Å²) in [5.74, 6) is -2.74. The highest BCUT2D eigenvalue weighted by Gasteiger charge is 2.42. The van der Waals surface area contributed by atoms with E-state index in [2.05, 4.69) is 20.9 Å². The molecule has 45 heavy (non-hydrogen) atoms. The van der Waals surface area contributed by atoms with E-state index >= 15 is 0 Å². The summed E-state index contributed by atoms with van der Waals surface area (Å²) in [6.07, 6.45) is 1.03. The van der Waals surface area contributed by atoms with Gasteiger partial charge in [-0.1, -0.05) is 48.5 Å². The van der Waals surface area contributed by atoms with Gasteiger partial charge in [0, 0.05) is 56.0 Å². The quantitative estimate of drug-likeness (QED) is 0.211. The van der Waals surface area contributed by atoms with Gasteiger partial charge in [-0.25, -0.2) is 0 Å². The fourth-order valence-electron chi connectivity index (χ4n) is 5.83. The van der Waals surface area contributed by atoms with Crippen LogP contribution < -0.4 is 21.7 Å². The van der Waals surface area contributed by atoms with E-state index in [1.165, 1.54) is 9.80 Å². The number of nitrogens with one attached hydrogen (secondary N) is 4. The number of carbonyl (C=O) groups excluding carboxylic acids is 5. The molecule has 0 unspecified atom stereocenters. The second-order valence-corrected chi connectivity index (χ2v) is 11.1. The minimum Gasteiger partial charge on any atom is -0.391 e. The van der Waals surface area contributed by atoms with E-state index in [9.17, 15) is 29.1 Å². The zero-order valence-electron chi connectivity index (χ0n) is 24.6. The van der Waals surface area contributed by atoms with Crippen LogP contribution in [0, 0.1) is 0 Å². The maximum absolute atomic E-state index is 14.1. The fraction of sp³-hybridized carbons (Fsp3) is 0.387. The maximum atomic E-state index is 14.1. The van der Waals surface area contributed by atoms with Crippen LogP contribution in [-0.4, -0.2) is 106 Å². The number of fused-ring (bicyclic) bond motifs is 2. The SMILES string of the molecule is Cl.NCC(=O)N1CCNC(=O)[C@H](Cc2ccccc2)NC(=O)[C@@H]2C[C@@H](O)CN2C(=O)[C@@H](Cc2c[nH]c3ccccc23)NC(=O)C1. The Morgan fingerprint density at radius 2 is 1.67 bits per heavy atom. The van der Waals surface area contributed by atoms with E-state index in [0.29, 0.717) is 0 Å². The van der Waals surface area contributed by atoms with Gasteiger partial charge >= 0.3 is 0 Å². The third-order valence-corrected chi connectivity index (χ3v) is 8.06. The largest absolute Gasteiger partial charge is 0.391 e. The van der Waals surface area contributed by atoms with E-state index in [1.807, 2.05) is 54.6 Å². The topological polar surface area (TPSA) is 190 Å². The van der Waals surface area contributed by atoms with E-state index in [4.69, 9.17) is 5.73 Å². The molecule has 2 fully saturated rings. The van der Waals surface area contributed by atoms with E-state index in [1.54, 1.807) is 6.20 Å². The van der Waals surface area contributed by atoms with E-state index in [0.717, 1.165) is 22.0 Å². The monoisotopic (exact) mass is 639 g/mol. The number of aliphatic hydroxyl groups is 1. The second kappa shape index (κ2) is 15.0. The number of carbonyl (C=O) groups is 5.